The summed E-state index contributed by atoms with van der Waals surface area (Å²) in [5.74, 6) is 0.135. The Hall–Kier alpha value is -1.39. The third kappa shape index (κ3) is 3.09. The maximum atomic E-state index is 9.85. The summed E-state index contributed by atoms with van der Waals surface area (Å²) in [6.07, 6.45) is 0. The molecule has 0 aliphatic heterocycles. The van der Waals surface area contributed by atoms with Crippen LogP contribution in [0.3, 0.4) is 0 Å². The van der Waals surface area contributed by atoms with Gasteiger partial charge in [-0.2, -0.15) is 5.11 Å². The Morgan fingerprint density at radius 2 is 1.78 bits per heavy atom. The van der Waals surface area contributed by atoms with E-state index in [1.165, 1.54) is 0 Å². The number of halogens is 2. The van der Waals surface area contributed by atoms with E-state index >= 15 is 0 Å². The van der Waals surface area contributed by atoms with E-state index in [4.69, 9.17) is 11.6 Å². The highest BCUT2D eigenvalue weighted by Gasteiger charge is 2.05. The number of aryl methyl sites for hydroxylation is 1. The van der Waals surface area contributed by atoms with E-state index in [0.29, 0.717) is 16.4 Å². The number of nitrogens with zero attached hydrogens (tertiary/aromatic N) is 2. The molecule has 0 amide bonds. The summed E-state index contributed by atoms with van der Waals surface area (Å²) >= 11 is 9.13. The number of phenols is 1. The van der Waals surface area contributed by atoms with Crippen molar-refractivity contribution in [2.75, 3.05) is 0 Å². The minimum absolute atomic E-state index is 0.135. The Morgan fingerprint density at radius 1 is 1.11 bits per heavy atom. The minimum atomic E-state index is 0.135. The van der Waals surface area contributed by atoms with Gasteiger partial charge in [0.05, 0.1) is 5.69 Å². The lowest BCUT2D eigenvalue weighted by Gasteiger charge is -2.02. The Balaban J connectivity index is 2.31. The molecule has 0 saturated carbocycles. The molecule has 2 rings (SSSR count). The van der Waals surface area contributed by atoms with Crippen LogP contribution in [0.15, 0.2) is 51.1 Å². The normalized spacial score (nSPS) is 11.1. The topological polar surface area (TPSA) is 45.0 Å². The second-order valence-electron chi connectivity index (χ2n) is 3.77. The second kappa shape index (κ2) is 5.50. The van der Waals surface area contributed by atoms with Crippen molar-refractivity contribution in [2.24, 2.45) is 10.2 Å². The Kier molecular flexibility index (Phi) is 3.99. The lowest BCUT2D eigenvalue weighted by molar-refractivity contribution is 0.472. The molecule has 0 heterocycles. The molecule has 0 bridgehead atoms. The first-order chi connectivity index (χ1) is 8.56. The molecule has 92 valence electrons. The highest BCUT2D eigenvalue weighted by atomic mass is 79.9. The average molecular weight is 326 g/mol. The van der Waals surface area contributed by atoms with E-state index in [1.54, 1.807) is 37.3 Å². The lowest BCUT2D eigenvalue weighted by Crippen LogP contribution is -1.76. The number of rotatable bonds is 2. The molecule has 1 N–H and O–H groups in total. The third-order valence-electron chi connectivity index (χ3n) is 2.34. The van der Waals surface area contributed by atoms with E-state index in [9.17, 15) is 5.11 Å². The van der Waals surface area contributed by atoms with Crippen molar-refractivity contribution in [1.29, 1.82) is 0 Å². The molecule has 3 nitrogen and oxygen atoms in total. The zero-order valence-corrected chi connectivity index (χ0v) is 11.9. The monoisotopic (exact) mass is 324 g/mol. The molecular weight excluding hydrogens is 316 g/mol. The summed E-state index contributed by atoms with van der Waals surface area (Å²) in [5, 5.41) is 18.6. The highest BCUT2D eigenvalue weighted by Crippen LogP contribution is 2.34. The van der Waals surface area contributed by atoms with Crippen molar-refractivity contribution in [3.8, 4) is 5.75 Å². The third-order valence-corrected chi connectivity index (χ3v) is 3.05. The highest BCUT2D eigenvalue weighted by molar-refractivity contribution is 9.10. The molecule has 0 spiro atoms. The van der Waals surface area contributed by atoms with Crippen LogP contribution in [0.4, 0.5) is 11.4 Å². The van der Waals surface area contributed by atoms with Gasteiger partial charge in [0.1, 0.15) is 11.4 Å². The number of benzene rings is 2. The fourth-order valence-corrected chi connectivity index (χ4v) is 2.10. The molecule has 0 unspecified atom stereocenters. The van der Waals surface area contributed by atoms with Crippen LogP contribution in [0.25, 0.3) is 0 Å². The van der Waals surface area contributed by atoms with Crippen molar-refractivity contribution in [3.63, 3.8) is 0 Å². The lowest BCUT2D eigenvalue weighted by atomic mass is 10.2. The van der Waals surface area contributed by atoms with Gasteiger partial charge in [-0.1, -0.05) is 27.5 Å². The number of phenolic OH excluding ortho intramolecular Hbond substituents is 1. The Labute approximate surface area is 118 Å². The summed E-state index contributed by atoms with van der Waals surface area (Å²) < 4.78 is 0.850. The molecule has 0 aliphatic carbocycles. The van der Waals surface area contributed by atoms with Gasteiger partial charge in [-0.25, -0.2) is 0 Å². The van der Waals surface area contributed by atoms with Gasteiger partial charge in [-0.3, -0.25) is 0 Å². The summed E-state index contributed by atoms with van der Waals surface area (Å²) in [5.41, 5.74) is 1.85. The first-order valence-electron chi connectivity index (χ1n) is 5.22. The van der Waals surface area contributed by atoms with Crippen molar-refractivity contribution < 1.29 is 5.11 Å². The van der Waals surface area contributed by atoms with Gasteiger partial charge in [0, 0.05) is 9.50 Å². The van der Waals surface area contributed by atoms with Crippen LogP contribution in [0.2, 0.25) is 5.02 Å². The van der Waals surface area contributed by atoms with Gasteiger partial charge in [-0.15, -0.1) is 5.11 Å². The first-order valence-corrected chi connectivity index (χ1v) is 6.40. The van der Waals surface area contributed by atoms with Crippen LogP contribution in [0, 0.1) is 6.92 Å². The van der Waals surface area contributed by atoms with Crippen LogP contribution in [-0.4, -0.2) is 5.11 Å². The number of aromatic hydroxyl groups is 1. The van der Waals surface area contributed by atoms with E-state index in [1.807, 2.05) is 6.07 Å². The quantitative estimate of drug-likeness (QED) is 0.725. The molecule has 0 aliphatic rings. The number of hydrogen-bond donors (Lipinski definition) is 1. The molecule has 0 atom stereocenters. The van der Waals surface area contributed by atoms with Gasteiger partial charge in [0.25, 0.3) is 0 Å². The van der Waals surface area contributed by atoms with Crippen LogP contribution in [-0.2, 0) is 0 Å². The number of hydrogen-bond acceptors (Lipinski definition) is 3. The van der Waals surface area contributed by atoms with E-state index < -0.39 is 0 Å². The zero-order valence-electron chi connectivity index (χ0n) is 9.56. The predicted octanol–water partition coefficient (Wildman–Crippen LogP) is 5.53. The SMILES string of the molecule is Cc1cc(Br)cc(N=Nc2ccc(Cl)cc2)c1O. The van der Waals surface area contributed by atoms with Gasteiger partial charge in [-0.05, 0) is 48.9 Å². The van der Waals surface area contributed by atoms with Crippen molar-refractivity contribution >= 4 is 38.9 Å². The molecule has 0 saturated heterocycles. The van der Waals surface area contributed by atoms with E-state index in [0.717, 1.165) is 10.0 Å². The molecule has 2 aromatic rings. The second-order valence-corrected chi connectivity index (χ2v) is 5.12. The van der Waals surface area contributed by atoms with Crippen molar-refractivity contribution in [2.45, 2.75) is 6.92 Å². The van der Waals surface area contributed by atoms with Crippen LogP contribution < -0.4 is 0 Å². The standard InChI is InChI=1S/C13H10BrClN2O/c1-8-6-9(14)7-12(13(8)18)17-16-11-4-2-10(15)3-5-11/h2-7,18H,1H3. The Morgan fingerprint density at radius 3 is 2.44 bits per heavy atom. The minimum Gasteiger partial charge on any atom is -0.505 e. The summed E-state index contributed by atoms with van der Waals surface area (Å²) in [7, 11) is 0. The molecular formula is C13H10BrClN2O. The van der Waals surface area contributed by atoms with Gasteiger partial charge >= 0.3 is 0 Å². The summed E-state index contributed by atoms with van der Waals surface area (Å²) in [6.45, 7) is 1.81. The summed E-state index contributed by atoms with van der Waals surface area (Å²) in [6, 6.07) is 10.5. The molecule has 0 fully saturated rings. The molecule has 5 heteroatoms. The predicted molar refractivity (Wildman–Crippen MR) is 76.2 cm³/mol. The van der Waals surface area contributed by atoms with Crippen molar-refractivity contribution in [1.82, 2.24) is 0 Å². The molecule has 0 radical (unpaired) electrons. The van der Waals surface area contributed by atoms with Crippen LogP contribution >= 0.6 is 27.5 Å². The largest absolute Gasteiger partial charge is 0.505 e. The molecule has 2 aromatic carbocycles. The number of azo groups is 1. The van der Waals surface area contributed by atoms with E-state index in [2.05, 4.69) is 26.2 Å². The fourth-order valence-electron chi connectivity index (χ4n) is 1.41. The maximum Gasteiger partial charge on any atom is 0.146 e. The zero-order chi connectivity index (χ0) is 13.1. The fraction of sp³-hybridized carbons (Fsp3) is 0.0769. The van der Waals surface area contributed by atoms with Gasteiger partial charge in [0.15, 0.2) is 0 Å². The van der Waals surface area contributed by atoms with Crippen molar-refractivity contribution in [3.05, 3.63) is 51.5 Å². The molecule has 0 aromatic heterocycles. The first kappa shape index (κ1) is 13.1. The smallest absolute Gasteiger partial charge is 0.146 e. The Bertz CT molecular complexity index is 597. The summed E-state index contributed by atoms with van der Waals surface area (Å²) in [4.78, 5) is 0. The van der Waals surface area contributed by atoms with E-state index in [-0.39, 0.29) is 5.75 Å². The van der Waals surface area contributed by atoms with Gasteiger partial charge in [0.2, 0.25) is 0 Å². The average Bonchev–Trinajstić information content (AvgIpc) is 2.34. The van der Waals surface area contributed by atoms with Crippen LogP contribution in [0.5, 0.6) is 5.75 Å². The van der Waals surface area contributed by atoms with Gasteiger partial charge < -0.3 is 5.11 Å². The maximum absolute atomic E-state index is 9.85. The van der Waals surface area contributed by atoms with Crippen LogP contribution in [0.1, 0.15) is 5.56 Å². The molecule has 18 heavy (non-hydrogen) atoms.